The van der Waals surface area contributed by atoms with Crippen LogP contribution in [0.25, 0.3) is 0 Å². The Morgan fingerprint density at radius 1 is 1.42 bits per heavy atom. The molecule has 0 bridgehead atoms. The zero-order valence-corrected chi connectivity index (χ0v) is 6.92. The van der Waals surface area contributed by atoms with Crippen LogP contribution in [0.2, 0.25) is 0 Å². The summed E-state index contributed by atoms with van der Waals surface area (Å²) in [5.74, 6) is -1.50. The van der Waals surface area contributed by atoms with Gasteiger partial charge in [0.15, 0.2) is 11.4 Å². The first-order chi connectivity index (χ1) is 5.66. The van der Waals surface area contributed by atoms with E-state index in [2.05, 4.69) is 13.5 Å². The molecule has 0 aliphatic carbocycles. The van der Waals surface area contributed by atoms with Crippen molar-refractivity contribution in [3.63, 3.8) is 0 Å². The molecule has 0 aliphatic rings. The van der Waals surface area contributed by atoms with E-state index in [1.807, 2.05) is 0 Å². The van der Waals surface area contributed by atoms with Crippen molar-refractivity contribution in [1.82, 2.24) is 8.75 Å². The molecule has 0 saturated heterocycles. The predicted octanol–water partition coefficient (Wildman–Crippen LogP) is -0.576. The summed E-state index contributed by atoms with van der Waals surface area (Å²) < 4.78 is 11.4. The minimum atomic E-state index is -0.788. The van der Waals surface area contributed by atoms with Crippen molar-refractivity contribution < 1.29 is 14.3 Å². The minimum Gasteiger partial charge on any atom is -0.464 e. The molecule has 12 heavy (non-hydrogen) atoms. The smallest absolute Gasteiger partial charge is 0.360 e. The number of hydrogen-bond donors (Lipinski definition) is 1. The van der Waals surface area contributed by atoms with Gasteiger partial charge in [0.1, 0.15) is 0 Å². The van der Waals surface area contributed by atoms with E-state index in [0.29, 0.717) is 0 Å². The second-order valence-electron chi connectivity index (χ2n) is 1.82. The average Bonchev–Trinajstić information content (AvgIpc) is 2.50. The van der Waals surface area contributed by atoms with Gasteiger partial charge in [0.25, 0.3) is 5.91 Å². The minimum absolute atomic E-state index is 0.130. The lowest BCUT2D eigenvalue weighted by atomic mass is 10.3. The number of hydrogen-bond acceptors (Lipinski definition) is 6. The van der Waals surface area contributed by atoms with Gasteiger partial charge in [-0.25, -0.2) is 4.79 Å². The maximum Gasteiger partial charge on any atom is 0.360 e. The lowest BCUT2D eigenvalue weighted by Crippen LogP contribution is -2.16. The number of carbonyl (C=O) groups excluding carboxylic acids is 2. The van der Waals surface area contributed by atoms with Crippen LogP contribution in [0.1, 0.15) is 21.0 Å². The number of methoxy groups -OCH3 is 1. The van der Waals surface area contributed by atoms with Crippen LogP contribution in [0.4, 0.5) is 0 Å². The Morgan fingerprint density at radius 3 is 2.50 bits per heavy atom. The van der Waals surface area contributed by atoms with E-state index < -0.39 is 11.9 Å². The molecule has 0 aliphatic heterocycles. The normalized spacial score (nSPS) is 9.42. The third-order valence-electron chi connectivity index (χ3n) is 1.10. The monoisotopic (exact) mass is 187 g/mol. The Labute approximate surface area is 71.7 Å². The summed E-state index contributed by atoms with van der Waals surface area (Å²) in [6.45, 7) is 0. The van der Waals surface area contributed by atoms with E-state index in [-0.39, 0.29) is 11.4 Å². The molecule has 64 valence electrons. The number of ether oxygens (including phenoxy) is 1. The highest BCUT2D eigenvalue weighted by atomic mass is 32.1. The van der Waals surface area contributed by atoms with Gasteiger partial charge in [0, 0.05) is 0 Å². The van der Waals surface area contributed by atoms with Crippen LogP contribution in [0.15, 0.2) is 0 Å². The van der Waals surface area contributed by atoms with E-state index >= 15 is 0 Å². The molecule has 1 aromatic rings. The second kappa shape index (κ2) is 3.26. The molecule has 0 spiro atoms. The Kier molecular flexibility index (Phi) is 2.34. The van der Waals surface area contributed by atoms with Crippen LogP contribution in [0.5, 0.6) is 0 Å². The average molecular weight is 187 g/mol. The molecule has 2 N–H and O–H groups in total. The zero-order valence-electron chi connectivity index (χ0n) is 6.10. The zero-order chi connectivity index (χ0) is 9.14. The van der Waals surface area contributed by atoms with Gasteiger partial charge in [-0.15, -0.1) is 0 Å². The molecule has 1 heterocycles. The van der Waals surface area contributed by atoms with Crippen LogP contribution in [-0.2, 0) is 4.74 Å². The maximum absolute atomic E-state index is 10.9. The van der Waals surface area contributed by atoms with Gasteiger partial charge in [-0.2, -0.15) is 8.75 Å². The molecule has 0 unspecified atom stereocenters. The quantitative estimate of drug-likeness (QED) is 0.625. The number of nitrogens with two attached hydrogens (primary N) is 1. The number of carbonyl (C=O) groups is 2. The molecular formula is C5H5N3O3S. The first-order valence-electron chi connectivity index (χ1n) is 2.87. The van der Waals surface area contributed by atoms with Gasteiger partial charge in [-0.3, -0.25) is 4.79 Å². The van der Waals surface area contributed by atoms with Gasteiger partial charge >= 0.3 is 5.97 Å². The van der Waals surface area contributed by atoms with Crippen LogP contribution in [0, 0.1) is 0 Å². The third-order valence-corrected chi connectivity index (χ3v) is 1.63. The standard InChI is InChI=1S/C5H5N3O3S/c1-11-5(10)3-2(4(6)9)7-12-8-3/h1H3,(H2,6,9). The summed E-state index contributed by atoms with van der Waals surface area (Å²) in [6, 6.07) is 0. The molecule has 1 amide bonds. The van der Waals surface area contributed by atoms with Gasteiger partial charge in [-0.05, 0) is 0 Å². The Morgan fingerprint density at radius 2 is 2.00 bits per heavy atom. The fourth-order valence-electron chi connectivity index (χ4n) is 0.581. The lowest BCUT2D eigenvalue weighted by Gasteiger charge is -1.93. The molecule has 0 aromatic carbocycles. The third kappa shape index (κ3) is 1.40. The van der Waals surface area contributed by atoms with Crippen molar-refractivity contribution in [1.29, 1.82) is 0 Å². The first kappa shape index (κ1) is 8.60. The van der Waals surface area contributed by atoms with Crippen molar-refractivity contribution in [2.75, 3.05) is 7.11 Å². The number of amides is 1. The van der Waals surface area contributed by atoms with E-state index in [1.165, 1.54) is 7.11 Å². The Bertz CT molecular complexity index is 321. The Hall–Kier alpha value is -1.50. The highest BCUT2D eigenvalue weighted by molar-refractivity contribution is 6.99. The van der Waals surface area contributed by atoms with E-state index in [1.54, 1.807) is 0 Å². The highest BCUT2D eigenvalue weighted by Crippen LogP contribution is 2.05. The number of esters is 1. The summed E-state index contributed by atoms with van der Waals surface area (Å²) in [4.78, 5) is 21.5. The van der Waals surface area contributed by atoms with Gasteiger partial charge in [0.2, 0.25) is 0 Å². The molecule has 1 rings (SSSR count). The molecule has 1 aromatic heterocycles. The molecule has 7 heteroatoms. The molecule has 0 fully saturated rings. The predicted molar refractivity (Wildman–Crippen MR) is 39.8 cm³/mol. The lowest BCUT2D eigenvalue weighted by molar-refractivity contribution is 0.0591. The van der Waals surface area contributed by atoms with Gasteiger partial charge < -0.3 is 10.5 Å². The van der Waals surface area contributed by atoms with E-state index in [4.69, 9.17) is 5.73 Å². The van der Waals surface area contributed by atoms with Gasteiger partial charge in [0.05, 0.1) is 18.8 Å². The number of rotatable bonds is 2. The van der Waals surface area contributed by atoms with Crippen LogP contribution < -0.4 is 5.73 Å². The first-order valence-corrected chi connectivity index (χ1v) is 3.60. The molecule has 0 radical (unpaired) electrons. The largest absolute Gasteiger partial charge is 0.464 e. The Balaban J connectivity index is 3.07. The van der Waals surface area contributed by atoms with Crippen molar-refractivity contribution in [3.05, 3.63) is 11.4 Å². The topological polar surface area (TPSA) is 95.2 Å². The summed E-state index contributed by atoms with van der Waals surface area (Å²) in [5.41, 5.74) is 4.63. The number of primary amides is 1. The van der Waals surface area contributed by atoms with Crippen molar-refractivity contribution in [3.8, 4) is 0 Å². The van der Waals surface area contributed by atoms with Crippen molar-refractivity contribution in [2.24, 2.45) is 5.73 Å². The molecular weight excluding hydrogens is 182 g/mol. The van der Waals surface area contributed by atoms with Crippen LogP contribution >= 0.6 is 11.7 Å². The molecule has 0 saturated carbocycles. The summed E-state index contributed by atoms with van der Waals surface area (Å²) in [6.07, 6.45) is 0. The number of nitrogens with zero attached hydrogens (tertiary/aromatic N) is 2. The van der Waals surface area contributed by atoms with Crippen molar-refractivity contribution >= 4 is 23.6 Å². The summed E-state index contributed by atoms with van der Waals surface area (Å²) >= 11 is 0.737. The highest BCUT2D eigenvalue weighted by Gasteiger charge is 2.20. The van der Waals surface area contributed by atoms with Crippen LogP contribution in [0.3, 0.4) is 0 Å². The summed E-state index contributed by atoms with van der Waals surface area (Å²) in [7, 11) is 1.19. The van der Waals surface area contributed by atoms with E-state index in [9.17, 15) is 9.59 Å². The van der Waals surface area contributed by atoms with Crippen molar-refractivity contribution in [2.45, 2.75) is 0 Å². The SMILES string of the molecule is COC(=O)c1nsnc1C(N)=O. The fraction of sp³-hybridized carbons (Fsp3) is 0.200. The number of aromatic nitrogens is 2. The maximum atomic E-state index is 10.9. The van der Waals surface area contributed by atoms with Gasteiger partial charge in [-0.1, -0.05) is 0 Å². The second-order valence-corrected chi connectivity index (χ2v) is 2.35. The van der Waals surface area contributed by atoms with Crippen LogP contribution in [-0.4, -0.2) is 27.7 Å². The summed E-state index contributed by atoms with van der Waals surface area (Å²) in [5, 5.41) is 0. The fourth-order valence-corrected chi connectivity index (χ4v) is 1.12. The molecule has 0 atom stereocenters. The molecule has 6 nitrogen and oxygen atoms in total. The van der Waals surface area contributed by atoms with E-state index in [0.717, 1.165) is 11.7 Å².